The number of hydrogen-bond donors (Lipinski definition) is 0. The first-order valence-electron chi connectivity index (χ1n) is 8.21. The molecular weight excluding hydrogens is 375 g/mol. The Morgan fingerprint density at radius 2 is 1.93 bits per heavy atom. The summed E-state index contributed by atoms with van der Waals surface area (Å²) >= 11 is 0. The molecule has 0 unspecified atom stereocenters. The van der Waals surface area contributed by atoms with Crippen LogP contribution in [0.2, 0.25) is 0 Å². The molecule has 6 nitrogen and oxygen atoms in total. The van der Waals surface area contributed by atoms with Crippen molar-refractivity contribution in [2.75, 3.05) is 6.61 Å². The van der Waals surface area contributed by atoms with Gasteiger partial charge in [-0.25, -0.2) is 14.5 Å². The fraction of sp³-hybridized carbons (Fsp3) is 0.158. The van der Waals surface area contributed by atoms with Crippen LogP contribution < -0.4 is 0 Å². The maximum atomic E-state index is 13.6. The van der Waals surface area contributed by atoms with Crippen molar-refractivity contribution in [1.29, 1.82) is 0 Å². The largest absolute Gasteiger partial charge is 0.462 e. The minimum absolute atomic E-state index is 0.0719. The average Bonchev–Trinajstić information content (AvgIpc) is 3.14. The summed E-state index contributed by atoms with van der Waals surface area (Å²) in [5.74, 6) is -1.27. The first-order chi connectivity index (χ1) is 13.4. The number of nitrogens with zero attached hydrogens (tertiary/aromatic N) is 3. The van der Waals surface area contributed by atoms with Crippen LogP contribution in [0.3, 0.4) is 0 Å². The molecule has 0 amide bonds. The number of carbonyl (C=O) groups excluding carboxylic acids is 2. The Morgan fingerprint density at radius 1 is 1.18 bits per heavy atom. The molecule has 0 atom stereocenters. The van der Waals surface area contributed by atoms with E-state index in [1.807, 2.05) is 0 Å². The molecule has 28 heavy (non-hydrogen) atoms. The van der Waals surface area contributed by atoms with E-state index in [4.69, 9.17) is 0 Å². The molecule has 0 fully saturated rings. The summed E-state index contributed by atoms with van der Waals surface area (Å²) < 4.78 is 46.1. The third-order valence-electron chi connectivity index (χ3n) is 3.85. The Morgan fingerprint density at radius 3 is 2.61 bits per heavy atom. The highest BCUT2D eigenvalue weighted by Gasteiger charge is 2.41. The van der Waals surface area contributed by atoms with E-state index in [2.05, 4.69) is 14.8 Å². The van der Waals surface area contributed by atoms with Crippen LogP contribution in [-0.2, 0) is 10.9 Å². The molecule has 2 aromatic heterocycles. The van der Waals surface area contributed by atoms with Crippen molar-refractivity contribution in [1.82, 2.24) is 14.8 Å². The molecule has 1 aromatic carbocycles. The van der Waals surface area contributed by atoms with Crippen LogP contribution in [0.4, 0.5) is 13.2 Å². The fourth-order valence-corrected chi connectivity index (χ4v) is 2.68. The van der Waals surface area contributed by atoms with E-state index < -0.39 is 23.4 Å². The third kappa shape index (κ3) is 3.64. The standard InChI is InChI=1S/C19H14F3N3O3/c1-2-28-18(27)14-10-23-25(17(14)19(20,21)22)16-9-5-8-15(24-16)13-7-4-3-6-12(13)11-26/h3-11H,2H2,1H3. The number of alkyl halides is 3. The highest BCUT2D eigenvalue weighted by atomic mass is 19.4. The second-order valence-electron chi connectivity index (χ2n) is 5.62. The zero-order valence-corrected chi connectivity index (χ0v) is 14.6. The normalized spacial score (nSPS) is 11.3. The average molecular weight is 389 g/mol. The van der Waals surface area contributed by atoms with Gasteiger partial charge in [0.05, 0.1) is 18.5 Å². The number of halogens is 3. The van der Waals surface area contributed by atoms with Crippen molar-refractivity contribution in [2.45, 2.75) is 13.1 Å². The summed E-state index contributed by atoms with van der Waals surface area (Å²) in [4.78, 5) is 27.3. The van der Waals surface area contributed by atoms with Gasteiger partial charge >= 0.3 is 12.1 Å². The number of aldehydes is 1. The Bertz CT molecular complexity index is 1030. The van der Waals surface area contributed by atoms with E-state index >= 15 is 0 Å². The molecule has 3 rings (SSSR count). The minimum Gasteiger partial charge on any atom is -0.462 e. The van der Waals surface area contributed by atoms with Crippen molar-refractivity contribution in [3.8, 4) is 17.1 Å². The highest BCUT2D eigenvalue weighted by molar-refractivity contribution is 5.91. The van der Waals surface area contributed by atoms with E-state index in [1.54, 1.807) is 30.3 Å². The molecule has 0 spiro atoms. The van der Waals surface area contributed by atoms with Gasteiger partial charge in [-0.05, 0) is 19.1 Å². The molecule has 0 aliphatic heterocycles. The second kappa shape index (κ2) is 7.63. The maximum absolute atomic E-state index is 13.6. The van der Waals surface area contributed by atoms with Gasteiger partial charge in [0.25, 0.3) is 0 Å². The molecule has 3 aromatic rings. The SMILES string of the molecule is CCOC(=O)c1cnn(-c2cccc(-c3ccccc3C=O)n2)c1C(F)(F)F. The Hall–Kier alpha value is -3.49. The predicted molar refractivity (Wildman–Crippen MR) is 93.1 cm³/mol. The number of hydrogen-bond acceptors (Lipinski definition) is 5. The van der Waals surface area contributed by atoms with E-state index in [1.165, 1.54) is 19.1 Å². The van der Waals surface area contributed by atoms with Gasteiger partial charge in [-0.15, -0.1) is 0 Å². The van der Waals surface area contributed by atoms with Crippen LogP contribution in [-0.4, -0.2) is 33.6 Å². The van der Waals surface area contributed by atoms with Gasteiger partial charge in [-0.2, -0.15) is 18.3 Å². The monoisotopic (exact) mass is 389 g/mol. The van der Waals surface area contributed by atoms with Gasteiger partial charge < -0.3 is 4.74 Å². The van der Waals surface area contributed by atoms with Gasteiger partial charge in [0.2, 0.25) is 0 Å². The van der Waals surface area contributed by atoms with Gasteiger partial charge in [-0.3, -0.25) is 4.79 Å². The van der Waals surface area contributed by atoms with Crippen LogP contribution >= 0.6 is 0 Å². The van der Waals surface area contributed by atoms with Gasteiger partial charge in [0.1, 0.15) is 5.56 Å². The quantitative estimate of drug-likeness (QED) is 0.488. The predicted octanol–water partition coefficient (Wildman–Crippen LogP) is 3.94. The molecule has 0 bridgehead atoms. The molecule has 9 heteroatoms. The molecule has 0 aliphatic carbocycles. The maximum Gasteiger partial charge on any atom is 0.434 e. The van der Waals surface area contributed by atoms with Gasteiger partial charge in [0, 0.05) is 11.1 Å². The number of esters is 1. The third-order valence-corrected chi connectivity index (χ3v) is 3.85. The van der Waals surface area contributed by atoms with Crippen LogP contribution in [0.1, 0.15) is 33.3 Å². The van der Waals surface area contributed by atoms with Crippen molar-refractivity contribution < 1.29 is 27.5 Å². The molecule has 0 saturated heterocycles. The second-order valence-corrected chi connectivity index (χ2v) is 5.62. The number of aromatic nitrogens is 3. The number of ether oxygens (including phenoxy) is 1. The van der Waals surface area contributed by atoms with Crippen molar-refractivity contribution in [2.24, 2.45) is 0 Å². The smallest absolute Gasteiger partial charge is 0.434 e. The molecule has 0 saturated carbocycles. The first kappa shape index (κ1) is 19.3. The lowest BCUT2D eigenvalue weighted by atomic mass is 10.1. The molecule has 0 N–H and O–H groups in total. The van der Waals surface area contributed by atoms with E-state index in [0.29, 0.717) is 27.8 Å². The summed E-state index contributed by atoms with van der Waals surface area (Å²) in [6.45, 7) is 1.42. The molecule has 144 valence electrons. The summed E-state index contributed by atoms with van der Waals surface area (Å²) in [6, 6.07) is 10.9. The molecule has 0 aliphatic rings. The lowest BCUT2D eigenvalue weighted by molar-refractivity contribution is -0.143. The van der Waals surface area contributed by atoms with Crippen LogP contribution in [0, 0.1) is 0 Å². The van der Waals surface area contributed by atoms with Crippen molar-refractivity contribution >= 4 is 12.3 Å². The van der Waals surface area contributed by atoms with E-state index in [9.17, 15) is 22.8 Å². The lowest BCUT2D eigenvalue weighted by Gasteiger charge is -2.13. The van der Waals surface area contributed by atoms with Gasteiger partial charge in [-0.1, -0.05) is 30.3 Å². The Balaban J connectivity index is 2.15. The minimum atomic E-state index is -4.86. The number of benzene rings is 1. The van der Waals surface area contributed by atoms with E-state index in [-0.39, 0.29) is 12.4 Å². The fourth-order valence-electron chi connectivity index (χ4n) is 2.68. The highest BCUT2D eigenvalue weighted by Crippen LogP contribution is 2.34. The Kier molecular flexibility index (Phi) is 5.25. The zero-order valence-electron chi connectivity index (χ0n) is 14.6. The summed E-state index contributed by atoms with van der Waals surface area (Å²) in [5.41, 5.74) is -0.878. The van der Waals surface area contributed by atoms with Crippen molar-refractivity contribution in [3.63, 3.8) is 0 Å². The summed E-state index contributed by atoms with van der Waals surface area (Å²) in [5, 5.41) is 3.70. The number of rotatable bonds is 5. The Labute approximate surface area is 157 Å². The van der Waals surface area contributed by atoms with Crippen molar-refractivity contribution in [3.05, 3.63) is 65.5 Å². The summed E-state index contributed by atoms with van der Waals surface area (Å²) in [6.07, 6.45) is -3.43. The van der Waals surface area contributed by atoms with Gasteiger partial charge in [0.15, 0.2) is 17.8 Å². The molecule has 2 heterocycles. The van der Waals surface area contributed by atoms with E-state index in [0.717, 1.165) is 6.20 Å². The molecular formula is C19H14F3N3O3. The lowest BCUT2D eigenvalue weighted by Crippen LogP contribution is -2.19. The first-order valence-corrected chi connectivity index (χ1v) is 8.21. The molecule has 0 radical (unpaired) electrons. The number of pyridine rings is 1. The topological polar surface area (TPSA) is 74.1 Å². The van der Waals surface area contributed by atoms with Crippen LogP contribution in [0.25, 0.3) is 17.1 Å². The van der Waals surface area contributed by atoms with Crippen LogP contribution in [0.5, 0.6) is 0 Å². The van der Waals surface area contributed by atoms with Crippen LogP contribution in [0.15, 0.2) is 48.7 Å². The zero-order chi connectivity index (χ0) is 20.3. The number of carbonyl (C=O) groups is 2. The summed E-state index contributed by atoms with van der Waals surface area (Å²) in [7, 11) is 0.